The number of carboxylic acid groups (broad SMARTS) is 1. The summed E-state index contributed by atoms with van der Waals surface area (Å²) in [5.41, 5.74) is 1.45. The van der Waals surface area contributed by atoms with Crippen molar-refractivity contribution in [3.05, 3.63) is 39.4 Å². The Morgan fingerprint density at radius 2 is 2.16 bits per heavy atom. The molecular formula is C12H10N4O3. The van der Waals surface area contributed by atoms with Gasteiger partial charge in [-0.15, -0.1) is 0 Å². The number of carboxylic acids is 1. The Morgan fingerprint density at radius 3 is 2.84 bits per heavy atom. The fourth-order valence-corrected chi connectivity index (χ4v) is 2.14. The van der Waals surface area contributed by atoms with Crippen molar-refractivity contribution in [1.29, 1.82) is 0 Å². The molecule has 0 amide bonds. The normalized spacial score (nSPS) is 11.3. The molecular weight excluding hydrogens is 248 g/mol. The second-order valence-corrected chi connectivity index (χ2v) is 4.31. The van der Waals surface area contributed by atoms with Crippen LogP contribution in [0.15, 0.2) is 17.1 Å². The van der Waals surface area contributed by atoms with Crippen LogP contribution < -0.4 is 5.43 Å². The molecule has 0 aliphatic rings. The lowest BCUT2D eigenvalue weighted by Crippen LogP contribution is -2.18. The number of rotatable bonds is 1. The van der Waals surface area contributed by atoms with Crippen molar-refractivity contribution in [3.8, 4) is 0 Å². The summed E-state index contributed by atoms with van der Waals surface area (Å²) in [6.45, 7) is 3.49. The van der Waals surface area contributed by atoms with E-state index in [2.05, 4.69) is 15.1 Å². The van der Waals surface area contributed by atoms with E-state index in [1.807, 2.05) is 6.92 Å². The van der Waals surface area contributed by atoms with Crippen molar-refractivity contribution >= 4 is 22.6 Å². The highest BCUT2D eigenvalue weighted by Gasteiger charge is 2.16. The number of hydrogen-bond acceptors (Lipinski definition) is 4. The molecule has 0 fully saturated rings. The average Bonchev–Trinajstić information content (AvgIpc) is 2.69. The van der Waals surface area contributed by atoms with E-state index < -0.39 is 11.4 Å². The number of H-pyrrole nitrogens is 1. The highest BCUT2D eigenvalue weighted by molar-refractivity contribution is 5.92. The Hall–Kier alpha value is -2.70. The van der Waals surface area contributed by atoms with Crippen LogP contribution in [0.1, 0.15) is 21.7 Å². The highest BCUT2D eigenvalue weighted by Crippen LogP contribution is 2.15. The zero-order chi connectivity index (χ0) is 13.7. The van der Waals surface area contributed by atoms with Crippen molar-refractivity contribution in [2.75, 3.05) is 0 Å². The molecule has 3 aromatic rings. The average molecular weight is 258 g/mol. The van der Waals surface area contributed by atoms with Crippen molar-refractivity contribution < 1.29 is 9.90 Å². The maximum Gasteiger partial charge on any atom is 0.341 e. The molecule has 2 N–H and O–H groups in total. The number of nitrogens with zero attached hydrogens (tertiary/aromatic N) is 3. The Morgan fingerprint density at radius 1 is 1.42 bits per heavy atom. The summed E-state index contributed by atoms with van der Waals surface area (Å²) in [5, 5.41) is 13.5. The van der Waals surface area contributed by atoms with Gasteiger partial charge < -0.3 is 10.1 Å². The van der Waals surface area contributed by atoms with Gasteiger partial charge in [0.2, 0.25) is 5.43 Å². The first-order valence-electron chi connectivity index (χ1n) is 5.60. The molecule has 0 aromatic carbocycles. The lowest BCUT2D eigenvalue weighted by Gasteiger charge is -2.04. The summed E-state index contributed by atoms with van der Waals surface area (Å²) in [7, 11) is 0. The SMILES string of the molecule is Cc1cc2nc(C)c3c(=O)c(C(=O)O)c[nH]c3n2n1. The third-order valence-corrected chi connectivity index (χ3v) is 2.96. The molecule has 0 aliphatic carbocycles. The predicted octanol–water partition coefficient (Wildman–Crippen LogP) is 0.886. The summed E-state index contributed by atoms with van der Waals surface area (Å²) in [4.78, 5) is 30.2. The molecule has 0 saturated carbocycles. The lowest BCUT2D eigenvalue weighted by atomic mass is 10.2. The number of pyridine rings is 1. The van der Waals surface area contributed by atoms with E-state index in [0.29, 0.717) is 17.0 Å². The topological polar surface area (TPSA) is 100 Å². The number of aromatic nitrogens is 4. The van der Waals surface area contributed by atoms with Crippen LogP contribution in [0.25, 0.3) is 16.7 Å². The monoisotopic (exact) mass is 258 g/mol. The van der Waals surface area contributed by atoms with E-state index in [-0.39, 0.29) is 10.9 Å². The van der Waals surface area contributed by atoms with Crippen molar-refractivity contribution in [1.82, 2.24) is 19.6 Å². The van der Waals surface area contributed by atoms with Gasteiger partial charge in [-0.3, -0.25) is 4.79 Å². The van der Waals surface area contributed by atoms with Gasteiger partial charge in [0.05, 0.1) is 16.8 Å². The Kier molecular flexibility index (Phi) is 2.19. The van der Waals surface area contributed by atoms with E-state index in [4.69, 9.17) is 5.11 Å². The van der Waals surface area contributed by atoms with E-state index >= 15 is 0 Å². The summed E-state index contributed by atoms with van der Waals surface area (Å²) >= 11 is 0. The van der Waals surface area contributed by atoms with Crippen LogP contribution in [0.4, 0.5) is 0 Å². The van der Waals surface area contributed by atoms with Gasteiger partial charge in [-0.1, -0.05) is 0 Å². The van der Waals surface area contributed by atoms with Crippen molar-refractivity contribution in [3.63, 3.8) is 0 Å². The van der Waals surface area contributed by atoms with Gasteiger partial charge in [-0.05, 0) is 13.8 Å². The zero-order valence-electron chi connectivity index (χ0n) is 10.3. The summed E-state index contributed by atoms with van der Waals surface area (Å²) in [6, 6.07) is 1.79. The molecule has 7 heteroatoms. The predicted molar refractivity (Wildman–Crippen MR) is 67.5 cm³/mol. The van der Waals surface area contributed by atoms with Crippen LogP contribution in [-0.4, -0.2) is 30.7 Å². The standard InChI is InChI=1S/C12H10N4O3/c1-5-3-8-14-6(2)9-10(17)7(12(18)19)4-13-11(9)16(8)15-5/h3-4H,1-2H3,(H,13,17)(H,18,19). The largest absolute Gasteiger partial charge is 0.477 e. The van der Waals surface area contributed by atoms with E-state index in [1.165, 1.54) is 10.7 Å². The minimum absolute atomic E-state index is 0.246. The van der Waals surface area contributed by atoms with Crippen LogP contribution >= 0.6 is 0 Å². The van der Waals surface area contributed by atoms with Crippen LogP contribution in [0.2, 0.25) is 0 Å². The summed E-state index contributed by atoms with van der Waals surface area (Å²) in [6.07, 6.45) is 1.18. The molecule has 96 valence electrons. The molecule has 0 unspecified atom stereocenters. The first kappa shape index (κ1) is 11.4. The Bertz CT molecular complexity index is 891. The van der Waals surface area contributed by atoms with Crippen LogP contribution in [0.3, 0.4) is 0 Å². The second kappa shape index (κ2) is 3.64. The van der Waals surface area contributed by atoms with Crippen molar-refractivity contribution in [2.45, 2.75) is 13.8 Å². The number of aromatic amines is 1. The maximum atomic E-state index is 12.2. The van der Waals surface area contributed by atoms with Gasteiger partial charge in [-0.2, -0.15) is 9.61 Å². The molecule has 0 aliphatic heterocycles. The van der Waals surface area contributed by atoms with Crippen LogP contribution in [0.5, 0.6) is 0 Å². The maximum absolute atomic E-state index is 12.2. The van der Waals surface area contributed by atoms with Gasteiger partial charge in [-0.25, -0.2) is 9.78 Å². The number of nitrogens with one attached hydrogen (secondary N) is 1. The molecule has 0 bridgehead atoms. The Balaban J connectivity index is 2.58. The molecule has 3 heterocycles. The fraction of sp³-hybridized carbons (Fsp3) is 0.167. The Labute approximate surface area is 106 Å². The minimum atomic E-state index is -1.26. The number of aromatic carboxylic acids is 1. The molecule has 3 rings (SSSR count). The lowest BCUT2D eigenvalue weighted by molar-refractivity contribution is 0.0695. The molecule has 7 nitrogen and oxygen atoms in total. The molecule has 0 atom stereocenters. The smallest absolute Gasteiger partial charge is 0.341 e. The number of carbonyl (C=O) groups is 1. The molecule has 3 aromatic heterocycles. The zero-order valence-corrected chi connectivity index (χ0v) is 10.3. The molecule has 0 saturated heterocycles. The van der Waals surface area contributed by atoms with Crippen LogP contribution in [-0.2, 0) is 0 Å². The summed E-state index contributed by atoms with van der Waals surface area (Å²) < 4.78 is 1.50. The van der Waals surface area contributed by atoms with Gasteiger partial charge >= 0.3 is 5.97 Å². The third kappa shape index (κ3) is 1.51. The summed E-state index contributed by atoms with van der Waals surface area (Å²) in [5.74, 6) is -1.26. The van der Waals surface area contributed by atoms with Gasteiger partial charge in [0, 0.05) is 12.3 Å². The third-order valence-electron chi connectivity index (χ3n) is 2.96. The van der Waals surface area contributed by atoms with Crippen molar-refractivity contribution in [2.24, 2.45) is 0 Å². The van der Waals surface area contributed by atoms with E-state index in [1.54, 1.807) is 13.0 Å². The van der Waals surface area contributed by atoms with Gasteiger partial charge in [0.1, 0.15) is 11.2 Å². The molecule has 0 radical (unpaired) electrons. The van der Waals surface area contributed by atoms with Gasteiger partial charge in [0.25, 0.3) is 0 Å². The first-order valence-corrected chi connectivity index (χ1v) is 5.60. The molecule has 0 spiro atoms. The fourth-order valence-electron chi connectivity index (χ4n) is 2.14. The minimum Gasteiger partial charge on any atom is -0.477 e. The van der Waals surface area contributed by atoms with Crippen LogP contribution in [0, 0.1) is 13.8 Å². The molecule has 19 heavy (non-hydrogen) atoms. The second-order valence-electron chi connectivity index (χ2n) is 4.31. The highest BCUT2D eigenvalue weighted by atomic mass is 16.4. The first-order chi connectivity index (χ1) is 8.99. The quantitative estimate of drug-likeness (QED) is 0.675. The van der Waals surface area contributed by atoms with Gasteiger partial charge in [0.15, 0.2) is 5.65 Å². The number of aryl methyl sites for hydroxylation is 2. The van der Waals surface area contributed by atoms with E-state index in [0.717, 1.165) is 5.69 Å². The number of hydrogen-bond donors (Lipinski definition) is 2. The van der Waals surface area contributed by atoms with E-state index in [9.17, 15) is 9.59 Å². The number of fused-ring (bicyclic) bond motifs is 3.